The molecule has 4 rings (SSSR count). The van der Waals surface area contributed by atoms with Crippen molar-refractivity contribution < 1.29 is 23.8 Å². The van der Waals surface area contributed by atoms with E-state index in [-0.39, 0.29) is 24.4 Å². The van der Waals surface area contributed by atoms with Gasteiger partial charge in [0.15, 0.2) is 0 Å². The highest BCUT2D eigenvalue weighted by Crippen LogP contribution is 2.48. The first kappa shape index (κ1) is 24.6. The number of allylic oxidation sites excluding steroid dienone is 3. The van der Waals surface area contributed by atoms with Crippen molar-refractivity contribution in [3.63, 3.8) is 0 Å². The number of Topliss-reactive ketones (excluding diaryl/α,β-unsaturated/α-hetero) is 1. The largest absolute Gasteiger partial charge is 0.497 e. The van der Waals surface area contributed by atoms with Gasteiger partial charge in [-0.15, -0.1) is 0 Å². The third-order valence-corrected chi connectivity index (χ3v) is 6.52. The van der Waals surface area contributed by atoms with Crippen LogP contribution in [-0.2, 0) is 14.3 Å². The Morgan fingerprint density at radius 3 is 2.46 bits per heavy atom. The zero-order valence-corrected chi connectivity index (χ0v) is 21.0. The zero-order chi connectivity index (χ0) is 25.1. The maximum atomic E-state index is 13.8. The van der Waals surface area contributed by atoms with Crippen molar-refractivity contribution >= 4 is 11.8 Å². The molecule has 3 atom stereocenters. The number of methoxy groups -OCH3 is 1. The van der Waals surface area contributed by atoms with Gasteiger partial charge < -0.3 is 19.5 Å². The van der Waals surface area contributed by atoms with Crippen molar-refractivity contribution in [2.24, 2.45) is 5.92 Å². The van der Waals surface area contributed by atoms with Crippen molar-refractivity contribution in [3.05, 3.63) is 82.7 Å². The Bertz CT molecular complexity index is 1160. The summed E-state index contributed by atoms with van der Waals surface area (Å²) in [6.07, 6.45) is 2.42. The fourth-order valence-electron chi connectivity index (χ4n) is 5.05. The van der Waals surface area contributed by atoms with Gasteiger partial charge in [0.25, 0.3) is 0 Å². The van der Waals surface area contributed by atoms with Gasteiger partial charge in [0.05, 0.1) is 31.3 Å². The monoisotopic (exact) mass is 475 g/mol. The van der Waals surface area contributed by atoms with Crippen LogP contribution in [0.2, 0.25) is 0 Å². The summed E-state index contributed by atoms with van der Waals surface area (Å²) in [6, 6.07) is 15.5. The summed E-state index contributed by atoms with van der Waals surface area (Å²) in [7, 11) is 1.63. The number of para-hydroxylation sites is 1. The predicted octanol–water partition coefficient (Wildman–Crippen LogP) is 5.26. The van der Waals surface area contributed by atoms with Crippen molar-refractivity contribution in [2.45, 2.75) is 52.1 Å². The number of nitrogens with one attached hydrogen (secondary N) is 1. The molecular formula is C29H33NO5. The van der Waals surface area contributed by atoms with E-state index in [4.69, 9.17) is 14.2 Å². The van der Waals surface area contributed by atoms with E-state index in [9.17, 15) is 9.59 Å². The average Bonchev–Trinajstić information content (AvgIpc) is 2.83. The third kappa shape index (κ3) is 4.97. The first-order valence-corrected chi connectivity index (χ1v) is 12.1. The topological polar surface area (TPSA) is 73.9 Å². The lowest BCUT2D eigenvalue weighted by Crippen LogP contribution is -2.42. The number of benzene rings is 2. The number of esters is 1. The molecule has 1 heterocycles. The van der Waals surface area contributed by atoms with Crippen LogP contribution in [0.1, 0.15) is 57.1 Å². The Morgan fingerprint density at radius 1 is 1.09 bits per heavy atom. The molecule has 0 saturated carbocycles. The summed E-state index contributed by atoms with van der Waals surface area (Å²) in [5.41, 5.74) is 3.85. The zero-order valence-electron chi connectivity index (χ0n) is 21.0. The Morgan fingerprint density at radius 2 is 1.80 bits per heavy atom. The normalized spacial score (nSPS) is 21.7. The molecule has 2 aromatic rings. The molecule has 184 valence electrons. The number of carbonyl (C=O) groups excluding carboxylic acids is 2. The maximum Gasteiger partial charge on any atom is 0.336 e. The standard InChI is InChI=1S/C29H33NO5/c1-6-34-29(32)26-18(4)30-23-15-20(19-11-13-21(33-5)14-12-19)16-24(31)28(23)27(26)22-9-7-8-10-25(22)35-17(2)3/h7-15,17,20,27-28,30H,6,16H2,1-5H3. The summed E-state index contributed by atoms with van der Waals surface area (Å²) in [6.45, 7) is 7.83. The highest BCUT2D eigenvalue weighted by atomic mass is 16.5. The minimum absolute atomic E-state index is 0.0505. The summed E-state index contributed by atoms with van der Waals surface area (Å²) in [5.74, 6) is 0.0306. The van der Waals surface area contributed by atoms with Crippen LogP contribution in [0, 0.1) is 5.92 Å². The molecular weight excluding hydrogens is 442 g/mol. The summed E-state index contributed by atoms with van der Waals surface area (Å²) in [5, 5.41) is 3.37. The fraction of sp³-hybridized carbons (Fsp3) is 0.379. The van der Waals surface area contributed by atoms with E-state index in [0.717, 1.165) is 22.6 Å². The Hall–Kier alpha value is -3.54. The number of hydrogen-bond acceptors (Lipinski definition) is 6. The highest BCUT2D eigenvalue weighted by Gasteiger charge is 2.46. The molecule has 0 fully saturated rings. The Labute approximate surface area is 207 Å². The van der Waals surface area contributed by atoms with Gasteiger partial charge in [-0.25, -0.2) is 4.79 Å². The first-order valence-electron chi connectivity index (χ1n) is 12.1. The van der Waals surface area contributed by atoms with Crippen LogP contribution in [0.5, 0.6) is 11.5 Å². The molecule has 0 aromatic heterocycles. The van der Waals surface area contributed by atoms with Crippen LogP contribution in [0.25, 0.3) is 0 Å². The smallest absolute Gasteiger partial charge is 0.336 e. The summed E-state index contributed by atoms with van der Waals surface area (Å²) in [4.78, 5) is 26.9. The Kier molecular flexibility index (Phi) is 7.29. The van der Waals surface area contributed by atoms with Crippen LogP contribution >= 0.6 is 0 Å². The van der Waals surface area contributed by atoms with E-state index in [1.165, 1.54) is 0 Å². The lowest BCUT2D eigenvalue weighted by Gasteiger charge is -2.40. The van der Waals surface area contributed by atoms with Crippen molar-refractivity contribution in [1.29, 1.82) is 0 Å². The lowest BCUT2D eigenvalue weighted by atomic mass is 9.68. The molecule has 1 aliphatic heterocycles. The highest BCUT2D eigenvalue weighted by molar-refractivity contribution is 5.96. The van der Waals surface area contributed by atoms with Crippen molar-refractivity contribution in [2.75, 3.05) is 13.7 Å². The van der Waals surface area contributed by atoms with Gasteiger partial charge in [-0.2, -0.15) is 0 Å². The second-order valence-corrected chi connectivity index (χ2v) is 9.22. The minimum Gasteiger partial charge on any atom is -0.497 e. The Balaban J connectivity index is 1.83. The van der Waals surface area contributed by atoms with Gasteiger partial charge in [-0.1, -0.05) is 36.4 Å². The van der Waals surface area contributed by atoms with Gasteiger partial charge >= 0.3 is 5.97 Å². The van der Waals surface area contributed by atoms with Gasteiger partial charge in [0, 0.05) is 35.2 Å². The molecule has 1 aliphatic carbocycles. The number of hydrogen-bond donors (Lipinski definition) is 1. The third-order valence-electron chi connectivity index (χ3n) is 6.52. The van der Waals surface area contributed by atoms with Crippen LogP contribution in [0.15, 0.2) is 71.6 Å². The molecule has 6 nitrogen and oxygen atoms in total. The average molecular weight is 476 g/mol. The number of carbonyl (C=O) groups is 2. The molecule has 2 aromatic carbocycles. The molecule has 35 heavy (non-hydrogen) atoms. The lowest BCUT2D eigenvalue weighted by molar-refractivity contribution is -0.139. The van der Waals surface area contributed by atoms with E-state index in [2.05, 4.69) is 11.4 Å². The molecule has 0 bridgehead atoms. The molecule has 1 N–H and O–H groups in total. The van der Waals surface area contributed by atoms with E-state index in [1.54, 1.807) is 14.0 Å². The second-order valence-electron chi connectivity index (χ2n) is 9.22. The summed E-state index contributed by atoms with van der Waals surface area (Å²) >= 11 is 0. The summed E-state index contributed by atoms with van der Waals surface area (Å²) < 4.78 is 16.8. The molecule has 3 unspecified atom stereocenters. The molecule has 0 amide bonds. The van der Waals surface area contributed by atoms with Crippen LogP contribution < -0.4 is 14.8 Å². The number of rotatable bonds is 7. The molecule has 2 aliphatic rings. The quantitative estimate of drug-likeness (QED) is 0.551. The van der Waals surface area contributed by atoms with E-state index >= 15 is 0 Å². The molecule has 6 heteroatoms. The van der Waals surface area contributed by atoms with Crippen LogP contribution in [0.4, 0.5) is 0 Å². The van der Waals surface area contributed by atoms with Gasteiger partial charge in [-0.05, 0) is 51.5 Å². The molecule has 0 spiro atoms. The SMILES string of the molecule is CCOC(=O)C1=C(C)NC2=CC(c3ccc(OC)cc3)CC(=O)C2C1c1ccccc1OC(C)C. The minimum atomic E-state index is -0.524. The van der Waals surface area contributed by atoms with Gasteiger partial charge in [-0.3, -0.25) is 4.79 Å². The van der Waals surface area contributed by atoms with E-state index in [1.807, 2.05) is 69.3 Å². The maximum absolute atomic E-state index is 13.8. The molecule has 0 radical (unpaired) electrons. The molecule has 0 saturated heterocycles. The first-order chi connectivity index (χ1) is 16.8. The van der Waals surface area contributed by atoms with Gasteiger partial charge in [0.1, 0.15) is 17.3 Å². The van der Waals surface area contributed by atoms with E-state index in [0.29, 0.717) is 23.4 Å². The fourth-order valence-corrected chi connectivity index (χ4v) is 5.05. The number of ether oxygens (including phenoxy) is 3. The number of ketones is 1. The van der Waals surface area contributed by atoms with Gasteiger partial charge in [0.2, 0.25) is 0 Å². The van der Waals surface area contributed by atoms with Crippen LogP contribution in [0.3, 0.4) is 0 Å². The predicted molar refractivity (Wildman–Crippen MR) is 134 cm³/mol. The second kappa shape index (κ2) is 10.4. The number of fused-ring (bicyclic) bond motifs is 1. The van der Waals surface area contributed by atoms with E-state index < -0.39 is 17.8 Å². The van der Waals surface area contributed by atoms with Crippen molar-refractivity contribution in [3.8, 4) is 11.5 Å². The van der Waals surface area contributed by atoms with Crippen LogP contribution in [-0.4, -0.2) is 31.6 Å². The van der Waals surface area contributed by atoms with Crippen molar-refractivity contribution in [1.82, 2.24) is 5.32 Å².